The summed E-state index contributed by atoms with van der Waals surface area (Å²) in [5.74, 6) is -0.187. The SMILES string of the molecule is Cc1cnc(Nc2cc(C)n(C)n2)nc1-c1c[nH]c2c(N3Cc4cccc(-c5c(F)cncc5F)c4C3)cccc12. The second-order valence-electron chi connectivity index (χ2n) is 10.3. The van der Waals surface area contributed by atoms with Gasteiger partial charge in [0.2, 0.25) is 5.95 Å². The molecule has 41 heavy (non-hydrogen) atoms. The van der Waals surface area contributed by atoms with E-state index in [0.29, 0.717) is 30.4 Å². The lowest BCUT2D eigenvalue weighted by molar-refractivity contribution is 0.579. The fraction of sp³-hybridized carbons (Fsp3) is 0.161. The fourth-order valence-corrected chi connectivity index (χ4v) is 5.60. The van der Waals surface area contributed by atoms with Crippen LogP contribution in [0.2, 0.25) is 0 Å². The molecule has 1 aliphatic heterocycles. The average Bonchev–Trinajstić information content (AvgIpc) is 3.66. The predicted octanol–water partition coefficient (Wildman–Crippen LogP) is 6.58. The van der Waals surface area contributed by atoms with E-state index in [2.05, 4.69) is 42.4 Å². The molecule has 10 heteroatoms. The van der Waals surface area contributed by atoms with Crippen molar-refractivity contribution >= 4 is 28.4 Å². The Bertz CT molecular complexity index is 1920. The molecule has 0 spiro atoms. The number of nitrogens with one attached hydrogen (secondary N) is 2. The van der Waals surface area contributed by atoms with Crippen molar-refractivity contribution in [3.63, 3.8) is 0 Å². The normalized spacial score (nSPS) is 12.8. The second-order valence-corrected chi connectivity index (χ2v) is 10.3. The molecule has 5 heterocycles. The molecular weight excluding hydrogens is 522 g/mol. The molecule has 7 rings (SSSR count). The van der Waals surface area contributed by atoms with Crippen LogP contribution < -0.4 is 10.2 Å². The zero-order chi connectivity index (χ0) is 28.2. The van der Waals surface area contributed by atoms with E-state index in [0.717, 1.165) is 62.6 Å². The number of anilines is 3. The third-order valence-corrected chi connectivity index (χ3v) is 7.72. The number of benzene rings is 2. The first-order valence-corrected chi connectivity index (χ1v) is 13.2. The summed E-state index contributed by atoms with van der Waals surface area (Å²) >= 11 is 0. The monoisotopic (exact) mass is 548 g/mol. The highest BCUT2D eigenvalue weighted by Gasteiger charge is 2.27. The first-order valence-electron chi connectivity index (χ1n) is 13.2. The zero-order valence-corrected chi connectivity index (χ0v) is 22.7. The van der Waals surface area contributed by atoms with Crippen molar-refractivity contribution in [2.75, 3.05) is 10.2 Å². The third kappa shape index (κ3) is 4.19. The van der Waals surface area contributed by atoms with Gasteiger partial charge < -0.3 is 15.2 Å². The zero-order valence-electron chi connectivity index (χ0n) is 22.7. The van der Waals surface area contributed by atoms with Gasteiger partial charge in [-0.05, 0) is 42.2 Å². The largest absolute Gasteiger partial charge is 0.361 e. The minimum atomic E-state index is -0.666. The smallest absolute Gasteiger partial charge is 0.228 e. The maximum Gasteiger partial charge on any atom is 0.228 e. The van der Waals surface area contributed by atoms with E-state index in [1.165, 1.54) is 0 Å². The van der Waals surface area contributed by atoms with Crippen LogP contribution in [0.5, 0.6) is 0 Å². The van der Waals surface area contributed by atoms with Crippen molar-refractivity contribution in [1.82, 2.24) is 29.7 Å². The van der Waals surface area contributed by atoms with E-state index in [1.54, 1.807) is 16.9 Å². The number of halogens is 2. The minimum absolute atomic E-state index is 0.0383. The summed E-state index contributed by atoms with van der Waals surface area (Å²) in [6.45, 7) is 5.11. The van der Waals surface area contributed by atoms with E-state index in [4.69, 9.17) is 4.98 Å². The Balaban J connectivity index is 1.24. The topological polar surface area (TPSA) is 87.5 Å². The van der Waals surface area contributed by atoms with Crippen LogP contribution in [0, 0.1) is 25.5 Å². The highest BCUT2D eigenvalue weighted by atomic mass is 19.1. The number of aromatic amines is 1. The maximum atomic E-state index is 14.7. The fourth-order valence-electron chi connectivity index (χ4n) is 5.60. The van der Waals surface area contributed by atoms with Gasteiger partial charge in [0.15, 0.2) is 17.5 Å². The quantitative estimate of drug-likeness (QED) is 0.253. The van der Waals surface area contributed by atoms with Crippen LogP contribution in [0.4, 0.5) is 26.2 Å². The molecule has 0 unspecified atom stereocenters. The van der Waals surface area contributed by atoms with Crippen LogP contribution in [0.25, 0.3) is 33.3 Å². The number of hydrogen-bond acceptors (Lipinski definition) is 6. The lowest BCUT2D eigenvalue weighted by atomic mass is 9.97. The number of aryl methyl sites for hydroxylation is 3. The van der Waals surface area contributed by atoms with E-state index in [9.17, 15) is 8.78 Å². The lowest BCUT2D eigenvalue weighted by Crippen LogP contribution is -2.15. The molecular formula is C31H26F2N8. The number of hydrogen-bond donors (Lipinski definition) is 2. The minimum Gasteiger partial charge on any atom is -0.361 e. The standard InChI is InChI=1S/C31H26F2N8/c1-17-11-36-31(37-27-10-18(2)40(3)39-27)38-29(17)22-12-35-30-21(22)8-5-9-26(30)41-15-19-6-4-7-20(23(19)16-41)28-24(32)13-34-14-25(28)33/h4-14,35H,15-16H2,1-3H3,(H,36,37,38,39). The molecule has 0 radical (unpaired) electrons. The average molecular weight is 549 g/mol. The lowest BCUT2D eigenvalue weighted by Gasteiger charge is -2.19. The van der Waals surface area contributed by atoms with Gasteiger partial charge in [0, 0.05) is 55.2 Å². The van der Waals surface area contributed by atoms with Crippen molar-refractivity contribution in [3.8, 4) is 22.4 Å². The summed E-state index contributed by atoms with van der Waals surface area (Å²) in [5, 5.41) is 8.67. The molecule has 204 valence electrons. The molecule has 1 aliphatic rings. The van der Waals surface area contributed by atoms with Crippen molar-refractivity contribution < 1.29 is 8.78 Å². The molecule has 0 bridgehead atoms. The van der Waals surface area contributed by atoms with Gasteiger partial charge in [-0.3, -0.25) is 9.67 Å². The summed E-state index contributed by atoms with van der Waals surface area (Å²) in [4.78, 5) is 18.6. The molecule has 4 aromatic heterocycles. The molecule has 6 aromatic rings. The number of H-pyrrole nitrogens is 1. The van der Waals surface area contributed by atoms with Gasteiger partial charge in [0.05, 0.1) is 34.9 Å². The Labute approximate surface area is 234 Å². The molecule has 0 saturated heterocycles. The van der Waals surface area contributed by atoms with Crippen molar-refractivity contribution in [2.45, 2.75) is 26.9 Å². The highest BCUT2D eigenvalue weighted by Crippen LogP contribution is 2.40. The van der Waals surface area contributed by atoms with Crippen LogP contribution in [0.3, 0.4) is 0 Å². The first kappa shape index (κ1) is 24.9. The van der Waals surface area contributed by atoms with E-state index >= 15 is 0 Å². The number of nitrogens with zero attached hydrogens (tertiary/aromatic N) is 6. The molecule has 0 amide bonds. The Kier molecular flexibility index (Phi) is 5.77. The molecule has 8 nitrogen and oxygen atoms in total. The molecule has 0 atom stereocenters. The van der Waals surface area contributed by atoms with Crippen LogP contribution in [0.1, 0.15) is 22.4 Å². The summed E-state index contributed by atoms with van der Waals surface area (Å²) in [7, 11) is 1.89. The van der Waals surface area contributed by atoms with E-state index < -0.39 is 11.6 Å². The van der Waals surface area contributed by atoms with Crippen molar-refractivity contribution in [3.05, 3.63) is 101 Å². The Hall–Kier alpha value is -5.12. The van der Waals surface area contributed by atoms with Crippen LogP contribution >= 0.6 is 0 Å². The molecule has 0 saturated carbocycles. The number of aromatic nitrogens is 6. The number of para-hydroxylation sites is 1. The highest BCUT2D eigenvalue weighted by molar-refractivity contribution is 6.02. The molecule has 0 fully saturated rings. The van der Waals surface area contributed by atoms with Crippen LogP contribution in [0.15, 0.2) is 67.3 Å². The van der Waals surface area contributed by atoms with E-state index in [-0.39, 0.29) is 5.56 Å². The number of rotatable bonds is 5. The summed E-state index contributed by atoms with van der Waals surface area (Å²) < 4.78 is 31.1. The van der Waals surface area contributed by atoms with Gasteiger partial charge in [-0.2, -0.15) is 5.10 Å². The van der Waals surface area contributed by atoms with Crippen LogP contribution in [-0.2, 0) is 20.1 Å². The van der Waals surface area contributed by atoms with Gasteiger partial charge in [-0.1, -0.05) is 30.3 Å². The number of fused-ring (bicyclic) bond motifs is 2. The van der Waals surface area contributed by atoms with Crippen LogP contribution in [-0.4, -0.2) is 29.7 Å². The Morgan fingerprint density at radius 2 is 1.76 bits per heavy atom. The second kappa shape index (κ2) is 9.51. The maximum absolute atomic E-state index is 14.7. The summed E-state index contributed by atoms with van der Waals surface area (Å²) in [6, 6.07) is 13.7. The van der Waals surface area contributed by atoms with Gasteiger partial charge in [0.1, 0.15) is 0 Å². The van der Waals surface area contributed by atoms with Gasteiger partial charge in [-0.25, -0.2) is 18.7 Å². The van der Waals surface area contributed by atoms with Gasteiger partial charge >= 0.3 is 0 Å². The van der Waals surface area contributed by atoms with Gasteiger partial charge in [-0.15, -0.1) is 0 Å². The van der Waals surface area contributed by atoms with Crippen molar-refractivity contribution in [1.29, 1.82) is 0 Å². The first-order chi connectivity index (χ1) is 19.9. The summed E-state index contributed by atoms with van der Waals surface area (Å²) in [6.07, 6.45) is 5.88. The van der Waals surface area contributed by atoms with E-state index in [1.807, 2.05) is 51.4 Å². The molecule has 0 aliphatic carbocycles. The predicted molar refractivity (Wildman–Crippen MR) is 155 cm³/mol. The molecule has 2 N–H and O–H groups in total. The number of pyridine rings is 1. The summed E-state index contributed by atoms with van der Waals surface area (Å²) in [5.41, 5.74) is 8.17. The molecule has 2 aromatic carbocycles. The third-order valence-electron chi connectivity index (χ3n) is 7.72. The van der Waals surface area contributed by atoms with Crippen molar-refractivity contribution in [2.24, 2.45) is 7.05 Å². The van der Waals surface area contributed by atoms with Gasteiger partial charge in [0.25, 0.3) is 0 Å². The Morgan fingerprint density at radius 3 is 2.54 bits per heavy atom. The Morgan fingerprint density at radius 1 is 0.951 bits per heavy atom.